The topological polar surface area (TPSA) is 35.6 Å². The molecule has 2 aliphatic rings. The Morgan fingerprint density at radius 2 is 2.10 bits per heavy atom. The summed E-state index contributed by atoms with van der Waals surface area (Å²) in [5.74, 6) is 0.846. The van der Waals surface area contributed by atoms with Gasteiger partial charge in [0.15, 0.2) is 0 Å². The first-order valence-electron chi connectivity index (χ1n) is 7.49. The lowest BCUT2D eigenvalue weighted by atomic mass is 9.98. The minimum Gasteiger partial charge on any atom is -0.328 e. The number of likely N-dealkylation sites (tertiary alicyclic amines) is 1. The van der Waals surface area contributed by atoms with Gasteiger partial charge in [-0.05, 0) is 37.9 Å². The Morgan fingerprint density at radius 3 is 2.85 bits per heavy atom. The zero-order valence-corrected chi connectivity index (χ0v) is 12.1. The van der Waals surface area contributed by atoms with E-state index in [2.05, 4.69) is 17.3 Å². The van der Waals surface area contributed by atoms with Gasteiger partial charge >= 0.3 is 0 Å². The van der Waals surface area contributed by atoms with Crippen LogP contribution in [0.3, 0.4) is 0 Å². The molecule has 2 atom stereocenters. The smallest absolute Gasteiger partial charge is 0.245 e. The third kappa shape index (κ3) is 2.86. The van der Waals surface area contributed by atoms with E-state index in [4.69, 9.17) is 0 Å². The Labute approximate surface area is 120 Å². The Morgan fingerprint density at radius 1 is 1.30 bits per heavy atom. The quantitative estimate of drug-likeness (QED) is 0.905. The van der Waals surface area contributed by atoms with Crippen molar-refractivity contribution in [3.05, 3.63) is 35.9 Å². The molecule has 2 aliphatic heterocycles. The van der Waals surface area contributed by atoms with Crippen LogP contribution in [0.25, 0.3) is 0 Å². The maximum Gasteiger partial charge on any atom is 0.245 e. The normalized spacial score (nSPS) is 28.1. The van der Waals surface area contributed by atoms with E-state index >= 15 is 0 Å². The summed E-state index contributed by atoms with van der Waals surface area (Å²) < 4.78 is 0. The Balaban J connectivity index is 1.61. The second kappa shape index (κ2) is 5.94. The minimum absolute atomic E-state index is 0.155. The summed E-state index contributed by atoms with van der Waals surface area (Å²) in [5.41, 5.74) is 1.07. The number of piperidine rings is 1. The monoisotopic (exact) mass is 273 g/mol. The van der Waals surface area contributed by atoms with Crippen LogP contribution in [0.5, 0.6) is 0 Å². The van der Waals surface area contributed by atoms with Gasteiger partial charge in [0.2, 0.25) is 5.91 Å². The summed E-state index contributed by atoms with van der Waals surface area (Å²) in [6.07, 6.45) is 2.49. The minimum atomic E-state index is -0.155. The number of nitrogens with zero attached hydrogens (tertiary/aromatic N) is 2. The van der Waals surface area contributed by atoms with Crippen molar-refractivity contribution in [1.29, 1.82) is 0 Å². The molecule has 1 amide bonds. The van der Waals surface area contributed by atoms with Crippen molar-refractivity contribution >= 4 is 5.91 Å². The number of hydrogen-bond donors (Lipinski definition) is 1. The van der Waals surface area contributed by atoms with E-state index in [-0.39, 0.29) is 11.9 Å². The maximum absolute atomic E-state index is 12.5. The van der Waals surface area contributed by atoms with Crippen molar-refractivity contribution in [2.24, 2.45) is 5.92 Å². The summed E-state index contributed by atoms with van der Waals surface area (Å²) >= 11 is 0. The molecular weight excluding hydrogens is 250 g/mol. The molecule has 1 aromatic rings. The molecule has 3 rings (SSSR count). The molecule has 0 aliphatic carbocycles. The van der Waals surface area contributed by atoms with Gasteiger partial charge in [0.1, 0.15) is 6.04 Å². The van der Waals surface area contributed by atoms with E-state index in [0.29, 0.717) is 12.6 Å². The van der Waals surface area contributed by atoms with Crippen molar-refractivity contribution in [2.75, 3.05) is 33.4 Å². The number of hydrogen-bond acceptors (Lipinski definition) is 3. The maximum atomic E-state index is 12.5. The number of benzene rings is 1. The molecule has 20 heavy (non-hydrogen) atoms. The highest BCUT2D eigenvalue weighted by atomic mass is 16.2. The first-order valence-corrected chi connectivity index (χ1v) is 7.49. The first kappa shape index (κ1) is 13.6. The third-order valence-corrected chi connectivity index (χ3v) is 4.38. The number of carbonyl (C=O) groups excluding carboxylic acids is 1. The largest absolute Gasteiger partial charge is 0.328 e. The molecule has 4 nitrogen and oxygen atoms in total. The lowest BCUT2D eigenvalue weighted by molar-refractivity contribution is -0.129. The Kier molecular flexibility index (Phi) is 4.03. The molecular formula is C16H23N3O. The summed E-state index contributed by atoms with van der Waals surface area (Å²) in [5, 5.41) is 3.34. The fourth-order valence-corrected chi connectivity index (χ4v) is 3.34. The van der Waals surface area contributed by atoms with Crippen LogP contribution in [-0.4, -0.2) is 49.1 Å². The van der Waals surface area contributed by atoms with Gasteiger partial charge in [0, 0.05) is 13.1 Å². The van der Waals surface area contributed by atoms with E-state index in [1.165, 1.54) is 19.4 Å². The number of nitrogens with one attached hydrogen (secondary N) is 1. The van der Waals surface area contributed by atoms with Gasteiger partial charge < -0.3 is 9.80 Å². The van der Waals surface area contributed by atoms with E-state index < -0.39 is 0 Å². The summed E-state index contributed by atoms with van der Waals surface area (Å²) in [6, 6.07) is 9.85. The third-order valence-electron chi connectivity index (χ3n) is 4.38. The molecule has 0 spiro atoms. The van der Waals surface area contributed by atoms with E-state index in [9.17, 15) is 4.79 Å². The molecule has 0 radical (unpaired) electrons. The van der Waals surface area contributed by atoms with Gasteiger partial charge in [-0.15, -0.1) is 0 Å². The number of rotatable bonds is 3. The van der Waals surface area contributed by atoms with Gasteiger partial charge in [-0.25, -0.2) is 0 Å². The van der Waals surface area contributed by atoms with Crippen LogP contribution in [0.4, 0.5) is 0 Å². The standard InChI is InChI=1S/C16H23N3O/c1-18-9-5-6-13(10-18)11-19-12-17-15(16(19)20)14-7-3-2-4-8-14/h2-4,7-8,13,15,17H,5-6,9-12H2,1H3. The molecule has 2 saturated heterocycles. The molecule has 1 aromatic carbocycles. The average Bonchev–Trinajstić information content (AvgIpc) is 2.81. The SMILES string of the molecule is CN1CCCC(CN2CNC(c3ccccc3)C2=O)C1. The second-order valence-corrected chi connectivity index (χ2v) is 6.04. The van der Waals surface area contributed by atoms with Gasteiger partial charge in [-0.1, -0.05) is 30.3 Å². The summed E-state index contributed by atoms with van der Waals surface area (Å²) in [6.45, 7) is 3.87. The zero-order chi connectivity index (χ0) is 13.9. The highest BCUT2D eigenvalue weighted by molar-refractivity contribution is 5.85. The summed E-state index contributed by atoms with van der Waals surface area (Å²) in [7, 11) is 2.17. The molecule has 4 heteroatoms. The van der Waals surface area contributed by atoms with Gasteiger partial charge in [-0.3, -0.25) is 10.1 Å². The highest BCUT2D eigenvalue weighted by Crippen LogP contribution is 2.23. The first-order chi connectivity index (χ1) is 9.74. The predicted molar refractivity (Wildman–Crippen MR) is 79.1 cm³/mol. The van der Waals surface area contributed by atoms with Gasteiger partial charge in [0.25, 0.3) is 0 Å². The van der Waals surface area contributed by atoms with Gasteiger partial charge in [0.05, 0.1) is 6.67 Å². The van der Waals surface area contributed by atoms with Crippen molar-refractivity contribution in [3.8, 4) is 0 Å². The highest BCUT2D eigenvalue weighted by Gasteiger charge is 2.33. The lowest BCUT2D eigenvalue weighted by Crippen LogP contribution is -2.40. The summed E-state index contributed by atoms with van der Waals surface area (Å²) in [4.78, 5) is 16.9. The van der Waals surface area contributed by atoms with E-state index in [1.54, 1.807) is 0 Å². The second-order valence-electron chi connectivity index (χ2n) is 6.04. The number of amides is 1. The van der Waals surface area contributed by atoms with Crippen molar-refractivity contribution < 1.29 is 4.79 Å². The fraction of sp³-hybridized carbons (Fsp3) is 0.562. The van der Waals surface area contributed by atoms with Crippen LogP contribution < -0.4 is 5.32 Å². The molecule has 0 aromatic heterocycles. The molecule has 0 saturated carbocycles. The molecule has 108 valence electrons. The van der Waals surface area contributed by atoms with Crippen LogP contribution in [0.1, 0.15) is 24.4 Å². The molecule has 0 bridgehead atoms. The van der Waals surface area contributed by atoms with Gasteiger partial charge in [-0.2, -0.15) is 0 Å². The van der Waals surface area contributed by atoms with Crippen LogP contribution in [0, 0.1) is 5.92 Å². The Bertz CT molecular complexity index is 462. The van der Waals surface area contributed by atoms with Crippen LogP contribution in [-0.2, 0) is 4.79 Å². The average molecular weight is 273 g/mol. The molecule has 2 unspecified atom stereocenters. The van der Waals surface area contributed by atoms with Crippen molar-refractivity contribution in [3.63, 3.8) is 0 Å². The van der Waals surface area contributed by atoms with E-state index in [0.717, 1.165) is 18.7 Å². The number of carbonyl (C=O) groups is 1. The van der Waals surface area contributed by atoms with Crippen LogP contribution in [0.2, 0.25) is 0 Å². The van der Waals surface area contributed by atoms with E-state index in [1.807, 2.05) is 35.2 Å². The molecule has 1 N–H and O–H groups in total. The van der Waals surface area contributed by atoms with Crippen molar-refractivity contribution in [2.45, 2.75) is 18.9 Å². The van der Waals surface area contributed by atoms with Crippen molar-refractivity contribution in [1.82, 2.24) is 15.1 Å². The Hall–Kier alpha value is -1.39. The van der Waals surface area contributed by atoms with Crippen LogP contribution >= 0.6 is 0 Å². The predicted octanol–water partition coefficient (Wildman–Crippen LogP) is 1.46. The molecule has 2 fully saturated rings. The lowest BCUT2D eigenvalue weighted by Gasteiger charge is -2.32. The van der Waals surface area contributed by atoms with Crippen LogP contribution in [0.15, 0.2) is 30.3 Å². The molecule has 2 heterocycles. The fourth-order valence-electron chi connectivity index (χ4n) is 3.34. The zero-order valence-electron chi connectivity index (χ0n) is 12.1.